The molecular weight excluding hydrogens is 246 g/mol. The fourth-order valence-corrected chi connectivity index (χ4v) is 1.63. The Morgan fingerprint density at radius 2 is 1.72 bits per heavy atom. The van der Waals surface area contributed by atoms with Gasteiger partial charge in [-0.15, -0.1) is 0 Å². The largest absolute Gasteiger partial charge is 0.319 e. The number of nitrogens with one attached hydrogen (secondary N) is 1. The van der Waals surface area contributed by atoms with Crippen LogP contribution in [0.15, 0.2) is 24.3 Å². The van der Waals surface area contributed by atoms with E-state index in [-0.39, 0.29) is 6.04 Å². The summed E-state index contributed by atoms with van der Waals surface area (Å²) in [5.74, 6) is -3.99. The van der Waals surface area contributed by atoms with Crippen molar-refractivity contribution in [2.24, 2.45) is 0 Å². The molecule has 102 valence electrons. The maximum atomic E-state index is 12.8. The summed E-state index contributed by atoms with van der Waals surface area (Å²) >= 11 is 0. The summed E-state index contributed by atoms with van der Waals surface area (Å²) in [6.45, 7) is 2.72. The number of hydrogen-bond donors (Lipinski definition) is 1. The molecule has 0 spiro atoms. The van der Waals surface area contributed by atoms with E-state index in [1.807, 2.05) is 38.1 Å². The summed E-state index contributed by atoms with van der Waals surface area (Å²) in [6, 6.07) is 7.03. The maximum Gasteiger partial charge on any atom is 0.319 e. The van der Waals surface area contributed by atoms with Crippen LogP contribution in [0.3, 0.4) is 0 Å². The van der Waals surface area contributed by atoms with Gasteiger partial charge in [-0.25, -0.2) is 8.78 Å². The number of benzene rings is 1. The Morgan fingerprint density at radius 3 is 2.17 bits per heavy atom. The predicted molar refractivity (Wildman–Crippen MR) is 63.2 cm³/mol. The van der Waals surface area contributed by atoms with E-state index in [1.54, 1.807) is 0 Å². The Kier molecular flexibility index (Phi) is 5.14. The molecule has 1 nitrogen and oxygen atoms in total. The molecule has 0 aliphatic heterocycles. The molecule has 1 atom stereocenters. The second-order valence-electron chi connectivity index (χ2n) is 4.31. The molecule has 1 unspecified atom stereocenters. The average molecular weight is 263 g/mol. The van der Waals surface area contributed by atoms with Gasteiger partial charge >= 0.3 is 12.3 Å². The van der Waals surface area contributed by atoms with Crippen LogP contribution >= 0.6 is 0 Å². The highest BCUT2D eigenvalue weighted by atomic mass is 19.3. The first-order valence-corrected chi connectivity index (χ1v) is 5.82. The third-order valence-electron chi connectivity index (χ3n) is 2.79. The molecule has 18 heavy (non-hydrogen) atoms. The Balaban J connectivity index is 2.66. The summed E-state index contributed by atoms with van der Waals surface area (Å²) in [7, 11) is 0. The number of alkyl halides is 4. The molecule has 1 aromatic rings. The van der Waals surface area contributed by atoms with E-state index in [9.17, 15) is 17.6 Å². The lowest BCUT2D eigenvalue weighted by Gasteiger charge is -2.22. The average Bonchev–Trinajstić information content (AvgIpc) is 2.31. The van der Waals surface area contributed by atoms with E-state index in [4.69, 9.17) is 0 Å². The van der Waals surface area contributed by atoms with Gasteiger partial charge in [-0.05, 0) is 18.9 Å². The molecule has 1 N–H and O–H groups in total. The molecule has 0 heterocycles. The maximum absolute atomic E-state index is 12.8. The highest BCUT2D eigenvalue weighted by Crippen LogP contribution is 2.24. The van der Waals surface area contributed by atoms with Crippen molar-refractivity contribution in [1.82, 2.24) is 5.32 Å². The zero-order chi connectivity index (χ0) is 13.8. The minimum absolute atomic E-state index is 0.338. The summed E-state index contributed by atoms with van der Waals surface area (Å²) < 4.78 is 49.7. The first-order chi connectivity index (χ1) is 8.36. The first kappa shape index (κ1) is 15.0. The standard InChI is InChI=1S/C13H17F4N/c1-3-11(10-6-4-9(2)5-7-10)18-8-13(16,17)12(14)15/h4-7,11-12,18H,3,8H2,1-2H3. The van der Waals surface area contributed by atoms with Crippen LogP contribution in [-0.4, -0.2) is 18.9 Å². The molecule has 0 fully saturated rings. The third-order valence-corrected chi connectivity index (χ3v) is 2.79. The smallest absolute Gasteiger partial charge is 0.304 e. The summed E-state index contributed by atoms with van der Waals surface area (Å²) in [6.07, 6.45) is -3.08. The normalized spacial score (nSPS) is 13.9. The van der Waals surface area contributed by atoms with Crippen molar-refractivity contribution in [3.63, 3.8) is 0 Å². The second-order valence-corrected chi connectivity index (χ2v) is 4.31. The molecule has 0 aliphatic rings. The van der Waals surface area contributed by atoms with Crippen LogP contribution in [0.1, 0.15) is 30.5 Å². The molecule has 0 radical (unpaired) electrons. The van der Waals surface area contributed by atoms with Gasteiger partial charge in [-0.2, -0.15) is 8.78 Å². The first-order valence-electron chi connectivity index (χ1n) is 5.82. The Morgan fingerprint density at radius 1 is 1.17 bits per heavy atom. The van der Waals surface area contributed by atoms with Gasteiger partial charge in [0.05, 0.1) is 6.54 Å². The summed E-state index contributed by atoms with van der Waals surface area (Å²) in [4.78, 5) is 0. The van der Waals surface area contributed by atoms with E-state index in [2.05, 4.69) is 5.32 Å². The highest BCUT2D eigenvalue weighted by Gasteiger charge is 2.40. The molecule has 0 amide bonds. The van der Waals surface area contributed by atoms with E-state index < -0.39 is 18.9 Å². The van der Waals surface area contributed by atoms with Crippen molar-refractivity contribution in [3.8, 4) is 0 Å². The fraction of sp³-hybridized carbons (Fsp3) is 0.538. The number of hydrogen-bond acceptors (Lipinski definition) is 1. The Labute approximate surface area is 104 Å². The van der Waals surface area contributed by atoms with Gasteiger partial charge in [0.2, 0.25) is 0 Å². The quantitative estimate of drug-likeness (QED) is 0.767. The molecule has 0 saturated heterocycles. The molecule has 1 rings (SSSR count). The van der Waals surface area contributed by atoms with Gasteiger partial charge < -0.3 is 5.32 Å². The van der Waals surface area contributed by atoms with Crippen LogP contribution in [0, 0.1) is 6.92 Å². The van der Waals surface area contributed by atoms with Crippen molar-refractivity contribution in [3.05, 3.63) is 35.4 Å². The summed E-state index contributed by atoms with van der Waals surface area (Å²) in [5.41, 5.74) is 1.89. The number of halogens is 4. The van der Waals surface area contributed by atoms with E-state index in [0.717, 1.165) is 11.1 Å². The van der Waals surface area contributed by atoms with Crippen molar-refractivity contribution in [1.29, 1.82) is 0 Å². The van der Waals surface area contributed by atoms with Crippen LogP contribution in [0.2, 0.25) is 0 Å². The van der Waals surface area contributed by atoms with Gasteiger partial charge in [0.15, 0.2) is 0 Å². The van der Waals surface area contributed by atoms with Gasteiger partial charge in [0.1, 0.15) is 0 Å². The van der Waals surface area contributed by atoms with Crippen molar-refractivity contribution in [2.75, 3.05) is 6.54 Å². The molecular formula is C13H17F4N. The topological polar surface area (TPSA) is 12.0 Å². The highest BCUT2D eigenvalue weighted by molar-refractivity contribution is 5.24. The second kappa shape index (κ2) is 6.18. The zero-order valence-electron chi connectivity index (χ0n) is 10.4. The van der Waals surface area contributed by atoms with Crippen LogP contribution in [-0.2, 0) is 0 Å². The molecule has 0 aliphatic carbocycles. The van der Waals surface area contributed by atoms with Gasteiger partial charge in [-0.1, -0.05) is 36.8 Å². The molecule has 0 saturated carbocycles. The van der Waals surface area contributed by atoms with Crippen LogP contribution in [0.25, 0.3) is 0 Å². The lowest BCUT2D eigenvalue weighted by atomic mass is 10.0. The minimum atomic E-state index is -3.99. The lowest BCUT2D eigenvalue weighted by molar-refractivity contribution is -0.126. The monoisotopic (exact) mass is 263 g/mol. The van der Waals surface area contributed by atoms with Gasteiger partial charge in [0, 0.05) is 6.04 Å². The van der Waals surface area contributed by atoms with E-state index in [0.29, 0.717) is 6.42 Å². The minimum Gasteiger partial charge on any atom is -0.304 e. The molecule has 0 bridgehead atoms. The van der Waals surface area contributed by atoms with Crippen LogP contribution in [0.5, 0.6) is 0 Å². The van der Waals surface area contributed by atoms with Gasteiger partial charge in [-0.3, -0.25) is 0 Å². The van der Waals surface area contributed by atoms with E-state index in [1.165, 1.54) is 0 Å². The Hall–Kier alpha value is -1.10. The Bertz CT molecular complexity index is 362. The molecule has 5 heteroatoms. The lowest BCUT2D eigenvalue weighted by Crippen LogP contribution is -2.40. The summed E-state index contributed by atoms with van der Waals surface area (Å²) in [5, 5.41) is 2.50. The zero-order valence-corrected chi connectivity index (χ0v) is 10.4. The van der Waals surface area contributed by atoms with Crippen LogP contribution in [0.4, 0.5) is 17.6 Å². The van der Waals surface area contributed by atoms with E-state index >= 15 is 0 Å². The van der Waals surface area contributed by atoms with Crippen LogP contribution < -0.4 is 5.32 Å². The SMILES string of the molecule is CCC(NCC(F)(F)C(F)F)c1ccc(C)cc1. The fourth-order valence-electron chi connectivity index (χ4n) is 1.63. The van der Waals surface area contributed by atoms with Crippen molar-refractivity contribution < 1.29 is 17.6 Å². The molecule has 1 aromatic carbocycles. The van der Waals surface area contributed by atoms with Crippen molar-refractivity contribution in [2.45, 2.75) is 38.7 Å². The van der Waals surface area contributed by atoms with Crippen molar-refractivity contribution >= 4 is 0 Å². The molecule has 0 aromatic heterocycles. The predicted octanol–water partition coefficient (Wildman–Crippen LogP) is 3.94. The number of rotatable bonds is 6. The number of aryl methyl sites for hydroxylation is 1. The third kappa shape index (κ3) is 3.98. The van der Waals surface area contributed by atoms with Gasteiger partial charge in [0.25, 0.3) is 0 Å².